The third-order valence-electron chi connectivity index (χ3n) is 5.06. The lowest BCUT2D eigenvalue weighted by molar-refractivity contribution is -0.339. The van der Waals surface area contributed by atoms with Crippen LogP contribution in [-0.2, 0) is 4.74 Å². The van der Waals surface area contributed by atoms with Crippen molar-refractivity contribution in [1.29, 1.82) is 0 Å². The summed E-state index contributed by atoms with van der Waals surface area (Å²) in [5.74, 6) is -9.51. The molecule has 1 aromatic rings. The number of ether oxygens (including phenoxy) is 1. The summed E-state index contributed by atoms with van der Waals surface area (Å²) in [6.07, 6.45) is 1.20. The minimum Gasteiger partial charge on any atom is -0.448 e. The molecule has 2 fully saturated rings. The number of hydrogen-bond acceptors (Lipinski definition) is 4. The Morgan fingerprint density at radius 1 is 1.18 bits per heavy atom. The van der Waals surface area contributed by atoms with E-state index in [1.807, 2.05) is 0 Å². The van der Waals surface area contributed by atoms with E-state index in [0.29, 0.717) is 10.7 Å². The van der Waals surface area contributed by atoms with Crippen LogP contribution in [0.25, 0.3) is 0 Å². The average Bonchev–Trinajstić information content (AvgIpc) is 2.87. The van der Waals surface area contributed by atoms with E-state index in [4.69, 9.17) is 27.9 Å². The normalized spacial score (nSPS) is 34.2. The molecule has 150 valence electrons. The lowest BCUT2D eigenvalue weighted by Gasteiger charge is -2.58. The van der Waals surface area contributed by atoms with Crippen LogP contribution in [0.5, 0.6) is 0 Å². The van der Waals surface area contributed by atoms with Crippen LogP contribution in [0, 0.1) is 0 Å². The summed E-state index contributed by atoms with van der Waals surface area (Å²) in [6.45, 7) is 1.24. The number of hydrazone groups is 1. The highest BCUT2D eigenvalue weighted by atomic mass is 35.5. The maximum atomic E-state index is 14.5. The van der Waals surface area contributed by atoms with Crippen LogP contribution < -0.4 is 0 Å². The molecule has 0 radical (unpaired) electrons. The maximum Gasteiger partial charge on any atom is 0.432 e. The largest absolute Gasteiger partial charge is 0.448 e. The quantitative estimate of drug-likeness (QED) is 0.395. The van der Waals surface area contributed by atoms with E-state index in [0.717, 1.165) is 0 Å². The van der Waals surface area contributed by atoms with E-state index in [1.165, 1.54) is 19.1 Å². The highest BCUT2D eigenvalue weighted by Crippen LogP contribution is 2.76. The van der Waals surface area contributed by atoms with E-state index >= 15 is 0 Å². The predicted molar refractivity (Wildman–Crippen MR) is 93.7 cm³/mol. The molecule has 3 unspecified atom stereocenters. The fourth-order valence-corrected chi connectivity index (χ4v) is 4.68. The van der Waals surface area contributed by atoms with E-state index in [1.54, 1.807) is 30.3 Å². The van der Waals surface area contributed by atoms with Crippen molar-refractivity contribution in [3.05, 3.63) is 48.0 Å². The number of allylic oxidation sites excluding steroid dienone is 1. The molecule has 0 N–H and O–H groups in total. The van der Waals surface area contributed by atoms with Crippen LogP contribution >= 0.6 is 23.2 Å². The van der Waals surface area contributed by atoms with Gasteiger partial charge in [0.1, 0.15) is 6.04 Å². The Bertz CT molecular complexity index is 898. The monoisotopic (exact) mass is 437 g/mol. The number of hydrogen-bond donors (Lipinski definition) is 0. The molecule has 1 aromatic carbocycles. The second-order valence-corrected chi connectivity index (χ2v) is 7.61. The summed E-state index contributed by atoms with van der Waals surface area (Å²) >= 11 is 12.1. The molecule has 2 heterocycles. The second kappa shape index (κ2) is 5.76. The number of carbonyl (C=O) groups excluding carboxylic acids is 1. The van der Waals surface area contributed by atoms with Crippen molar-refractivity contribution < 1.29 is 27.1 Å². The summed E-state index contributed by atoms with van der Waals surface area (Å²) in [5.41, 5.74) is 0.825. The third-order valence-corrected chi connectivity index (χ3v) is 6.59. The predicted octanol–water partition coefficient (Wildman–Crippen LogP) is 4.22. The van der Waals surface area contributed by atoms with Gasteiger partial charge in [0.05, 0.1) is 12.3 Å². The molecule has 0 aromatic heterocycles. The van der Waals surface area contributed by atoms with Gasteiger partial charge in [-0.2, -0.15) is 32.8 Å². The SMILES string of the molecule is CCOC(=O)N1N2N=C(c3ccccc3)C=CC2C2(Cl)C(F)(F)C(F)(F)C12Cl. The van der Waals surface area contributed by atoms with Crippen LogP contribution in [0.3, 0.4) is 0 Å². The Kier molecular flexibility index (Phi) is 3.97. The van der Waals surface area contributed by atoms with Gasteiger partial charge in [0.25, 0.3) is 0 Å². The zero-order valence-electron chi connectivity index (χ0n) is 14.3. The molecule has 0 spiro atoms. The first-order chi connectivity index (χ1) is 13.1. The van der Waals surface area contributed by atoms with E-state index in [9.17, 15) is 22.4 Å². The molecule has 1 saturated heterocycles. The number of fused-ring (bicyclic) bond motifs is 3. The Balaban J connectivity index is 1.88. The second-order valence-electron chi connectivity index (χ2n) is 6.47. The first-order valence-electron chi connectivity index (χ1n) is 8.27. The number of rotatable bonds is 2. The summed E-state index contributed by atoms with van der Waals surface area (Å²) in [4.78, 5) is 6.15. The van der Waals surface area contributed by atoms with Gasteiger partial charge in [0, 0.05) is 5.56 Å². The van der Waals surface area contributed by atoms with E-state index in [2.05, 4.69) is 5.10 Å². The molecule has 1 saturated carbocycles. The highest BCUT2D eigenvalue weighted by molar-refractivity contribution is 6.39. The number of amides is 1. The molecule has 11 heteroatoms. The number of hydrazine groups is 1. The Morgan fingerprint density at radius 2 is 1.82 bits per heavy atom. The number of carbonyl (C=O) groups is 1. The van der Waals surface area contributed by atoms with Crippen molar-refractivity contribution >= 4 is 35.0 Å². The van der Waals surface area contributed by atoms with Crippen molar-refractivity contribution in [3.63, 3.8) is 0 Å². The Hall–Kier alpha value is -2.00. The van der Waals surface area contributed by atoms with Crippen LogP contribution in [0.15, 0.2) is 47.6 Å². The molecule has 1 amide bonds. The molecular formula is C17H13Cl2F4N3O2. The molecule has 1 aliphatic carbocycles. The molecule has 3 aliphatic rings. The van der Waals surface area contributed by atoms with Gasteiger partial charge in [-0.15, -0.1) is 11.6 Å². The fourth-order valence-electron chi connectivity index (χ4n) is 3.70. The standard InChI is InChI=1S/C17H13Cl2F4N3O2/c1-2-28-13(27)25-15(19)14(18,16(20,21)17(15,22)23)12-9-8-11(24-26(12)25)10-6-4-3-5-7-10/h3-9,12H,2H2,1H3. The van der Waals surface area contributed by atoms with Gasteiger partial charge < -0.3 is 4.74 Å². The lowest BCUT2D eigenvalue weighted by Crippen LogP contribution is -2.88. The molecule has 3 atom stereocenters. The van der Waals surface area contributed by atoms with Crippen molar-refractivity contribution in [3.8, 4) is 0 Å². The van der Waals surface area contributed by atoms with Gasteiger partial charge in [-0.25, -0.2) is 4.79 Å². The van der Waals surface area contributed by atoms with Crippen LogP contribution in [0.2, 0.25) is 0 Å². The molecule has 28 heavy (non-hydrogen) atoms. The lowest BCUT2D eigenvalue weighted by atomic mass is 9.67. The van der Waals surface area contributed by atoms with Crippen LogP contribution in [-0.4, -0.2) is 56.3 Å². The number of nitrogens with zero attached hydrogens (tertiary/aromatic N) is 3. The minimum absolute atomic E-state index is 0.191. The molecule has 0 bridgehead atoms. The average molecular weight is 438 g/mol. The summed E-state index contributed by atoms with van der Waals surface area (Å²) in [6, 6.07) is 6.94. The first kappa shape index (κ1) is 19.3. The topological polar surface area (TPSA) is 45.1 Å². The van der Waals surface area contributed by atoms with Crippen LogP contribution in [0.1, 0.15) is 12.5 Å². The van der Waals surface area contributed by atoms with E-state index in [-0.39, 0.29) is 17.3 Å². The minimum atomic E-state index is -4.82. The molecule has 5 nitrogen and oxygen atoms in total. The summed E-state index contributed by atoms with van der Waals surface area (Å²) in [5, 5.41) is 4.97. The van der Waals surface area contributed by atoms with Gasteiger partial charge in [-0.3, -0.25) is 0 Å². The Morgan fingerprint density at radius 3 is 2.43 bits per heavy atom. The van der Waals surface area contributed by atoms with Crippen molar-refractivity contribution in [1.82, 2.24) is 10.1 Å². The maximum absolute atomic E-state index is 14.5. The zero-order chi connectivity index (χ0) is 20.5. The van der Waals surface area contributed by atoms with Crippen molar-refractivity contribution in [2.75, 3.05) is 6.61 Å². The van der Waals surface area contributed by atoms with Gasteiger partial charge in [0.2, 0.25) is 5.00 Å². The van der Waals surface area contributed by atoms with Gasteiger partial charge in [0.15, 0.2) is 4.87 Å². The first-order valence-corrected chi connectivity index (χ1v) is 9.03. The van der Waals surface area contributed by atoms with E-state index < -0.39 is 33.9 Å². The summed E-state index contributed by atoms with van der Waals surface area (Å²) < 4.78 is 62.7. The van der Waals surface area contributed by atoms with Crippen LogP contribution in [0.4, 0.5) is 22.4 Å². The highest BCUT2D eigenvalue weighted by Gasteiger charge is 3.02. The third kappa shape index (κ3) is 1.89. The number of halogens is 6. The molecule has 4 rings (SSSR count). The van der Waals surface area contributed by atoms with Gasteiger partial charge >= 0.3 is 17.9 Å². The number of benzene rings is 1. The summed E-state index contributed by atoms with van der Waals surface area (Å²) in [7, 11) is 0. The van der Waals surface area contributed by atoms with Gasteiger partial charge in [-0.05, 0) is 13.0 Å². The molecular weight excluding hydrogens is 425 g/mol. The van der Waals surface area contributed by atoms with Gasteiger partial charge in [-0.1, -0.05) is 48.0 Å². The Labute approximate surface area is 167 Å². The fraction of sp³-hybridized carbons (Fsp3) is 0.412. The van der Waals surface area contributed by atoms with Crippen molar-refractivity contribution in [2.45, 2.75) is 34.7 Å². The molecule has 2 aliphatic heterocycles. The van der Waals surface area contributed by atoms with Crippen molar-refractivity contribution in [2.24, 2.45) is 5.10 Å². The smallest absolute Gasteiger partial charge is 0.432 e. The number of alkyl halides is 6. The zero-order valence-corrected chi connectivity index (χ0v) is 15.8.